The summed E-state index contributed by atoms with van der Waals surface area (Å²) in [7, 11) is 0. The van der Waals surface area contributed by atoms with Crippen molar-refractivity contribution in [1.29, 1.82) is 0 Å². The average molecular weight is 633 g/mol. The van der Waals surface area contributed by atoms with Gasteiger partial charge in [-0.05, 0) is 70.4 Å². The van der Waals surface area contributed by atoms with Crippen LogP contribution in [0.2, 0.25) is 0 Å². The van der Waals surface area contributed by atoms with Crippen LogP contribution < -0.4 is 10.3 Å². The summed E-state index contributed by atoms with van der Waals surface area (Å²) in [5.74, 6) is -2.17. The maximum atomic E-state index is 13.9. The zero-order chi connectivity index (χ0) is 33.6. The van der Waals surface area contributed by atoms with E-state index in [1.807, 2.05) is 6.92 Å². The average Bonchev–Trinajstić information content (AvgIpc) is 3.33. The number of aryl methyl sites for hydroxylation is 1. The van der Waals surface area contributed by atoms with Crippen molar-refractivity contribution in [1.82, 2.24) is 9.55 Å². The van der Waals surface area contributed by atoms with Crippen LogP contribution in [0.5, 0.6) is 5.75 Å². The summed E-state index contributed by atoms with van der Waals surface area (Å²) in [6, 6.07) is 6.71. The molecule has 2 aromatic heterocycles. The van der Waals surface area contributed by atoms with Crippen molar-refractivity contribution in [2.24, 2.45) is 0 Å². The van der Waals surface area contributed by atoms with Gasteiger partial charge in [0, 0.05) is 16.5 Å². The van der Waals surface area contributed by atoms with Gasteiger partial charge < -0.3 is 28.3 Å². The van der Waals surface area contributed by atoms with Crippen LogP contribution >= 0.6 is 0 Å². The number of cyclic esters (lactones) is 1. The van der Waals surface area contributed by atoms with E-state index in [1.54, 1.807) is 63.5 Å². The van der Waals surface area contributed by atoms with Crippen molar-refractivity contribution in [2.75, 3.05) is 6.61 Å². The second-order valence-corrected chi connectivity index (χ2v) is 12.4. The number of hydrogen-bond donors (Lipinski definition) is 0. The van der Waals surface area contributed by atoms with Crippen LogP contribution in [0.25, 0.3) is 22.3 Å². The molecule has 0 amide bonds. The Morgan fingerprint density at radius 1 is 1.09 bits per heavy atom. The van der Waals surface area contributed by atoms with E-state index in [1.165, 1.54) is 0 Å². The number of hydrogen-bond acceptors (Lipinski definition) is 11. The molecule has 242 valence electrons. The minimum atomic E-state index is -1.93. The van der Waals surface area contributed by atoms with Crippen LogP contribution in [0.3, 0.4) is 0 Å². The van der Waals surface area contributed by atoms with E-state index in [9.17, 15) is 24.0 Å². The second-order valence-electron chi connectivity index (χ2n) is 12.4. The molecule has 0 bridgehead atoms. The molecular weight excluding hydrogens is 596 g/mol. The molecule has 0 fully saturated rings. The quantitative estimate of drug-likeness (QED) is 0.112. The Labute approximate surface area is 265 Å². The van der Waals surface area contributed by atoms with Gasteiger partial charge in [-0.1, -0.05) is 26.0 Å². The van der Waals surface area contributed by atoms with Gasteiger partial charge in [-0.3, -0.25) is 9.59 Å². The van der Waals surface area contributed by atoms with Crippen molar-refractivity contribution in [2.45, 2.75) is 85.2 Å². The predicted octanol–water partition coefficient (Wildman–Crippen LogP) is 5.02. The summed E-state index contributed by atoms with van der Waals surface area (Å²) in [5, 5.41) is 0.754. The first-order valence-corrected chi connectivity index (χ1v) is 15.0. The molecule has 1 atom stereocenters. The van der Waals surface area contributed by atoms with Gasteiger partial charge in [0.25, 0.3) is 5.56 Å². The fourth-order valence-electron chi connectivity index (χ4n) is 5.79. The summed E-state index contributed by atoms with van der Waals surface area (Å²) in [4.78, 5) is 69.2. The number of ether oxygens (including phenoxy) is 5. The number of carbonyl (C=O) groups excluding carboxylic acids is 4. The largest absolute Gasteiger partial charge is 0.514 e. The number of benzene rings is 1. The molecule has 0 unspecified atom stereocenters. The summed E-state index contributed by atoms with van der Waals surface area (Å²) in [5.41, 5.74) is 1.23. The number of rotatable bonds is 8. The molecule has 3 aromatic rings. The Kier molecular flexibility index (Phi) is 8.50. The number of fused-ring (bicyclic) bond motifs is 5. The van der Waals surface area contributed by atoms with Gasteiger partial charge >= 0.3 is 24.1 Å². The molecule has 1 aromatic carbocycles. The molecular formula is C34H36N2O10. The molecule has 12 nitrogen and oxygen atoms in total. The highest BCUT2D eigenvalue weighted by Gasteiger charge is 2.50. The minimum Gasteiger partial charge on any atom is -0.457 e. The van der Waals surface area contributed by atoms with E-state index in [2.05, 4.69) is 6.58 Å². The molecule has 0 spiro atoms. The van der Waals surface area contributed by atoms with Gasteiger partial charge in [0.15, 0.2) is 6.61 Å². The SMILES string of the molecule is C=C(C)CC(=O)OCC(=O)O[C@]1(CC)C(=O)OCc2c1cc1n(c2=O)Cc2c-1nc1ccc(OC(=O)OC(C)(C)C)cc1c2CC. The van der Waals surface area contributed by atoms with Gasteiger partial charge in [0.05, 0.1) is 35.4 Å². The van der Waals surface area contributed by atoms with Crippen LogP contribution in [0.15, 0.2) is 41.2 Å². The Bertz CT molecular complexity index is 1870. The van der Waals surface area contributed by atoms with Gasteiger partial charge in [-0.2, -0.15) is 0 Å². The Morgan fingerprint density at radius 2 is 1.83 bits per heavy atom. The Hall–Kier alpha value is -5.00. The third kappa shape index (κ3) is 5.99. The molecule has 0 saturated heterocycles. The van der Waals surface area contributed by atoms with Crippen LogP contribution in [0, 0.1) is 0 Å². The fourth-order valence-corrected chi connectivity index (χ4v) is 5.79. The summed E-state index contributed by atoms with van der Waals surface area (Å²) in [6.45, 7) is 13.3. The third-order valence-corrected chi connectivity index (χ3v) is 7.77. The second kappa shape index (κ2) is 12.1. The van der Waals surface area contributed by atoms with Crippen LogP contribution in [0.4, 0.5) is 4.79 Å². The number of carbonyl (C=O) groups is 4. The van der Waals surface area contributed by atoms with Crippen molar-refractivity contribution >= 4 is 35.0 Å². The van der Waals surface area contributed by atoms with Gasteiger partial charge in [0.2, 0.25) is 5.60 Å². The molecule has 0 radical (unpaired) electrons. The minimum absolute atomic E-state index is 0.0359. The lowest BCUT2D eigenvalue weighted by molar-refractivity contribution is -0.192. The van der Waals surface area contributed by atoms with E-state index in [-0.39, 0.29) is 42.9 Å². The molecule has 2 aliphatic rings. The lowest BCUT2D eigenvalue weighted by atomic mass is 9.85. The van der Waals surface area contributed by atoms with Crippen molar-refractivity contribution < 1.29 is 42.9 Å². The summed E-state index contributed by atoms with van der Waals surface area (Å²) >= 11 is 0. The highest BCUT2D eigenvalue weighted by atomic mass is 16.7. The van der Waals surface area contributed by atoms with Crippen molar-refractivity contribution in [3.63, 3.8) is 0 Å². The number of esters is 3. The van der Waals surface area contributed by atoms with Crippen molar-refractivity contribution in [3.05, 3.63) is 69.0 Å². The van der Waals surface area contributed by atoms with Crippen LogP contribution in [0.1, 0.15) is 76.6 Å². The Morgan fingerprint density at radius 3 is 2.48 bits per heavy atom. The van der Waals surface area contributed by atoms with E-state index >= 15 is 0 Å². The normalized spacial score (nSPS) is 16.5. The van der Waals surface area contributed by atoms with E-state index in [0.717, 1.165) is 16.5 Å². The first-order chi connectivity index (χ1) is 21.7. The van der Waals surface area contributed by atoms with E-state index in [4.69, 9.17) is 28.7 Å². The van der Waals surface area contributed by atoms with Gasteiger partial charge in [-0.25, -0.2) is 19.4 Å². The van der Waals surface area contributed by atoms with Gasteiger partial charge in [-0.15, -0.1) is 0 Å². The molecule has 0 N–H and O–H groups in total. The monoisotopic (exact) mass is 632 g/mol. The molecule has 2 aliphatic heterocycles. The molecule has 4 heterocycles. The van der Waals surface area contributed by atoms with Crippen LogP contribution in [-0.4, -0.2) is 45.8 Å². The topological polar surface area (TPSA) is 149 Å². The number of pyridine rings is 2. The lowest BCUT2D eigenvalue weighted by Crippen LogP contribution is -2.48. The number of aromatic nitrogens is 2. The third-order valence-electron chi connectivity index (χ3n) is 7.77. The smallest absolute Gasteiger partial charge is 0.457 e. The zero-order valence-corrected chi connectivity index (χ0v) is 26.7. The molecule has 46 heavy (non-hydrogen) atoms. The maximum absolute atomic E-state index is 13.9. The zero-order valence-electron chi connectivity index (χ0n) is 26.7. The standard InChI is InChI=1S/C34H36N2O10/c1-8-20-21-13-19(44-32(41)46-33(5,6)7)10-11-25(21)35-29-22(20)15-36-26(29)14-24-23(30(36)39)16-43-31(40)34(24,9-2)45-28(38)17-42-27(37)12-18(3)4/h10-11,13-14H,3,8-9,12,15-17H2,1-2,4-7H3/t34-/m0/s1. The molecule has 5 rings (SSSR count). The maximum Gasteiger partial charge on any atom is 0.514 e. The predicted molar refractivity (Wildman–Crippen MR) is 165 cm³/mol. The van der Waals surface area contributed by atoms with Crippen LogP contribution in [-0.2, 0) is 58.5 Å². The fraction of sp³-hybridized carbons (Fsp3) is 0.412. The molecule has 0 saturated carbocycles. The summed E-state index contributed by atoms with van der Waals surface area (Å²) < 4.78 is 28.3. The summed E-state index contributed by atoms with van der Waals surface area (Å²) in [6.07, 6.45) is -0.349. The molecule has 0 aliphatic carbocycles. The van der Waals surface area contributed by atoms with E-state index < -0.39 is 47.4 Å². The van der Waals surface area contributed by atoms with Gasteiger partial charge in [0.1, 0.15) is 18.0 Å². The first-order valence-electron chi connectivity index (χ1n) is 15.0. The van der Waals surface area contributed by atoms with Crippen molar-refractivity contribution in [3.8, 4) is 17.1 Å². The lowest BCUT2D eigenvalue weighted by Gasteiger charge is -2.35. The van der Waals surface area contributed by atoms with E-state index in [0.29, 0.717) is 28.9 Å². The highest BCUT2D eigenvalue weighted by Crippen LogP contribution is 2.42. The molecule has 12 heteroatoms. The number of nitrogens with zero attached hydrogens (tertiary/aromatic N) is 2. The Balaban J connectivity index is 1.55. The first kappa shape index (κ1) is 32.4. The highest BCUT2D eigenvalue weighted by molar-refractivity contribution is 5.91.